The predicted molar refractivity (Wildman–Crippen MR) is 110 cm³/mol. The number of hydrogen-bond acceptors (Lipinski definition) is 6. The highest BCUT2D eigenvalue weighted by molar-refractivity contribution is 7.98. The average molecular weight is 412 g/mol. The molecule has 0 N–H and O–H groups in total. The van der Waals surface area contributed by atoms with Gasteiger partial charge in [-0.15, -0.1) is 16.4 Å². The molecule has 0 aliphatic carbocycles. The van der Waals surface area contributed by atoms with E-state index in [2.05, 4.69) is 59.0 Å². The van der Waals surface area contributed by atoms with Crippen LogP contribution >= 0.6 is 23.1 Å². The van der Waals surface area contributed by atoms with Gasteiger partial charge in [0.25, 0.3) is 0 Å². The Morgan fingerprint density at radius 3 is 2.71 bits per heavy atom. The van der Waals surface area contributed by atoms with Crippen molar-refractivity contribution in [3.63, 3.8) is 0 Å². The standard InChI is InChI=1S/C20H18FN5S2/c1-13(2)14-6-8-15(9-7-14)19-22-17(11-27-19)12-28-20-23-24-25-26(20)18-5-3-4-16(21)10-18/h3-11,13H,12H2,1-2H3. The first-order chi connectivity index (χ1) is 13.6. The molecule has 0 aliphatic heterocycles. The van der Waals surface area contributed by atoms with Gasteiger partial charge in [-0.05, 0) is 40.1 Å². The minimum Gasteiger partial charge on any atom is -0.240 e. The van der Waals surface area contributed by atoms with Crippen LogP contribution in [0.3, 0.4) is 0 Å². The minimum absolute atomic E-state index is 0.323. The summed E-state index contributed by atoms with van der Waals surface area (Å²) in [5.41, 5.74) is 4.00. The third-order valence-electron chi connectivity index (χ3n) is 4.22. The van der Waals surface area contributed by atoms with E-state index in [1.165, 1.54) is 34.1 Å². The maximum atomic E-state index is 13.5. The van der Waals surface area contributed by atoms with Crippen molar-refractivity contribution in [2.24, 2.45) is 0 Å². The van der Waals surface area contributed by atoms with E-state index in [4.69, 9.17) is 4.98 Å². The van der Waals surface area contributed by atoms with Gasteiger partial charge in [-0.2, -0.15) is 4.68 Å². The molecule has 4 rings (SSSR count). The Bertz CT molecular complexity index is 1070. The molecule has 2 heterocycles. The quantitative estimate of drug-likeness (QED) is 0.401. The molecule has 0 spiro atoms. The normalized spacial score (nSPS) is 11.3. The van der Waals surface area contributed by atoms with E-state index in [0.717, 1.165) is 16.3 Å². The van der Waals surface area contributed by atoms with Crippen molar-refractivity contribution < 1.29 is 4.39 Å². The van der Waals surface area contributed by atoms with Gasteiger partial charge in [0, 0.05) is 16.7 Å². The molecule has 0 aliphatic rings. The van der Waals surface area contributed by atoms with Crippen LogP contribution in [-0.4, -0.2) is 25.2 Å². The molecule has 142 valence electrons. The van der Waals surface area contributed by atoms with Gasteiger partial charge in [-0.25, -0.2) is 9.37 Å². The minimum atomic E-state index is -0.323. The SMILES string of the molecule is CC(C)c1ccc(-c2nc(CSc3nnnn3-c3cccc(F)c3)cs2)cc1. The lowest BCUT2D eigenvalue weighted by atomic mass is 10.0. The van der Waals surface area contributed by atoms with Crippen LogP contribution in [0.5, 0.6) is 0 Å². The molecule has 0 atom stereocenters. The highest BCUT2D eigenvalue weighted by Gasteiger charge is 2.12. The van der Waals surface area contributed by atoms with Gasteiger partial charge >= 0.3 is 0 Å². The summed E-state index contributed by atoms with van der Waals surface area (Å²) in [6.07, 6.45) is 0. The third kappa shape index (κ3) is 4.13. The maximum Gasteiger partial charge on any atom is 0.214 e. The molecule has 0 saturated carbocycles. The number of halogens is 1. The first-order valence-corrected chi connectivity index (χ1v) is 10.7. The van der Waals surface area contributed by atoms with Crippen LogP contribution in [0.15, 0.2) is 59.1 Å². The fourth-order valence-electron chi connectivity index (χ4n) is 2.69. The van der Waals surface area contributed by atoms with Crippen LogP contribution in [-0.2, 0) is 5.75 Å². The van der Waals surface area contributed by atoms with Gasteiger partial charge in [0.15, 0.2) is 0 Å². The number of nitrogens with zero attached hydrogens (tertiary/aromatic N) is 5. The van der Waals surface area contributed by atoms with E-state index in [1.54, 1.807) is 23.5 Å². The van der Waals surface area contributed by atoms with Crippen molar-refractivity contribution in [2.45, 2.75) is 30.7 Å². The van der Waals surface area contributed by atoms with Crippen LogP contribution in [0, 0.1) is 5.82 Å². The molecule has 5 nitrogen and oxygen atoms in total. The van der Waals surface area contributed by atoms with Gasteiger partial charge in [0.05, 0.1) is 11.4 Å². The van der Waals surface area contributed by atoms with Crippen molar-refractivity contribution in [3.05, 3.63) is 71.0 Å². The molecule has 4 aromatic rings. The molecule has 0 amide bonds. The molecule has 2 aromatic carbocycles. The summed E-state index contributed by atoms with van der Waals surface area (Å²) in [5.74, 6) is 0.828. The second kappa shape index (κ2) is 8.20. The Morgan fingerprint density at radius 2 is 1.96 bits per heavy atom. The number of benzene rings is 2. The van der Waals surface area contributed by atoms with E-state index in [1.807, 2.05) is 0 Å². The topological polar surface area (TPSA) is 56.5 Å². The van der Waals surface area contributed by atoms with Gasteiger partial charge in [-0.3, -0.25) is 0 Å². The summed E-state index contributed by atoms with van der Waals surface area (Å²) in [5, 5.41) is 15.4. The Hall–Kier alpha value is -2.58. The van der Waals surface area contributed by atoms with Crippen molar-refractivity contribution in [2.75, 3.05) is 0 Å². The molecular formula is C20H18FN5S2. The van der Waals surface area contributed by atoms with Gasteiger partial charge in [0.2, 0.25) is 5.16 Å². The number of rotatable bonds is 6. The van der Waals surface area contributed by atoms with E-state index >= 15 is 0 Å². The first kappa shape index (κ1) is 18.8. The van der Waals surface area contributed by atoms with Crippen molar-refractivity contribution >= 4 is 23.1 Å². The molecule has 8 heteroatoms. The average Bonchev–Trinajstić information content (AvgIpc) is 3.36. The summed E-state index contributed by atoms with van der Waals surface area (Å²) in [6, 6.07) is 14.8. The van der Waals surface area contributed by atoms with Crippen LogP contribution in [0.1, 0.15) is 31.0 Å². The highest BCUT2D eigenvalue weighted by Crippen LogP contribution is 2.29. The molecule has 0 unspecified atom stereocenters. The zero-order valence-electron chi connectivity index (χ0n) is 15.4. The van der Waals surface area contributed by atoms with Crippen LogP contribution in [0.25, 0.3) is 16.3 Å². The lowest BCUT2D eigenvalue weighted by molar-refractivity contribution is 0.623. The molecule has 28 heavy (non-hydrogen) atoms. The Labute approximate surface area is 170 Å². The second-order valence-corrected chi connectivity index (χ2v) is 8.36. The third-order valence-corrected chi connectivity index (χ3v) is 6.11. The summed E-state index contributed by atoms with van der Waals surface area (Å²) >= 11 is 3.10. The number of aromatic nitrogens is 5. The number of tetrazole rings is 1. The number of hydrogen-bond donors (Lipinski definition) is 0. The number of thiazole rings is 1. The maximum absolute atomic E-state index is 13.5. The lowest BCUT2D eigenvalue weighted by Gasteiger charge is -2.05. The zero-order valence-corrected chi connectivity index (χ0v) is 17.0. The summed E-state index contributed by atoms with van der Waals surface area (Å²) in [4.78, 5) is 4.73. The van der Waals surface area contributed by atoms with E-state index in [-0.39, 0.29) is 5.82 Å². The van der Waals surface area contributed by atoms with Crippen LogP contribution in [0.4, 0.5) is 4.39 Å². The Morgan fingerprint density at radius 1 is 1.14 bits per heavy atom. The van der Waals surface area contributed by atoms with E-state index < -0.39 is 0 Å². The first-order valence-electron chi connectivity index (χ1n) is 8.82. The van der Waals surface area contributed by atoms with Crippen LogP contribution < -0.4 is 0 Å². The van der Waals surface area contributed by atoms with Gasteiger partial charge in [0.1, 0.15) is 10.8 Å². The Balaban J connectivity index is 1.46. The smallest absolute Gasteiger partial charge is 0.214 e. The lowest BCUT2D eigenvalue weighted by Crippen LogP contribution is -1.99. The fourth-order valence-corrected chi connectivity index (χ4v) is 4.41. The molecule has 0 saturated heterocycles. The molecular weight excluding hydrogens is 393 g/mol. The van der Waals surface area contributed by atoms with Gasteiger partial charge in [-0.1, -0.05) is 55.9 Å². The second-order valence-electron chi connectivity index (χ2n) is 6.56. The Kier molecular flexibility index (Phi) is 5.50. The number of thioether (sulfide) groups is 1. The fraction of sp³-hybridized carbons (Fsp3) is 0.200. The summed E-state index contributed by atoms with van der Waals surface area (Å²) in [6.45, 7) is 4.37. The van der Waals surface area contributed by atoms with Crippen molar-refractivity contribution in [3.8, 4) is 16.3 Å². The monoisotopic (exact) mass is 411 g/mol. The summed E-state index contributed by atoms with van der Waals surface area (Å²) < 4.78 is 15.0. The molecule has 0 fully saturated rings. The zero-order chi connectivity index (χ0) is 19.5. The van der Waals surface area contributed by atoms with Crippen molar-refractivity contribution in [1.82, 2.24) is 25.2 Å². The van der Waals surface area contributed by atoms with Gasteiger partial charge < -0.3 is 0 Å². The largest absolute Gasteiger partial charge is 0.240 e. The molecule has 2 aromatic heterocycles. The molecule has 0 bridgehead atoms. The van der Waals surface area contributed by atoms with E-state index in [9.17, 15) is 4.39 Å². The van der Waals surface area contributed by atoms with E-state index in [0.29, 0.717) is 22.5 Å². The van der Waals surface area contributed by atoms with Crippen LogP contribution in [0.2, 0.25) is 0 Å². The summed E-state index contributed by atoms with van der Waals surface area (Å²) in [7, 11) is 0. The molecule has 0 radical (unpaired) electrons. The highest BCUT2D eigenvalue weighted by atomic mass is 32.2. The van der Waals surface area contributed by atoms with Crippen molar-refractivity contribution in [1.29, 1.82) is 0 Å². The predicted octanol–water partition coefficient (Wildman–Crippen LogP) is 5.34.